The maximum Gasteiger partial charge on any atom is 0.792 e. The molecule has 0 saturated heterocycles. The second kappa shape index (κ2) is 13.8. The number of aryl methyl sites for hydroxylation is 6. The van der Waals surface area contributed by atoms with E-state index in [0.717, 1.165) is 43.4 Å². The molecular formula is C39H30BF9N2+. The Bertz CT molecular complexity index is 2250. The fourth-order valence-electron chi connectivity index (χ4n) is 7.04. The van der Waals surface area contributed by atoms with Gasteiger partial charge in [0, 0.05) is 29.0 Å². The summed E-state index contributed by atoms with van der Waals surface area (Å²) in [5.74, 6) is -13.4. The Kier molecular flexibility index (Phi) is 10.0. The molecule has 6 rings (SSSR count). The van der Waals surface area contributed by atoms with Gasteiger partial charge in [0.15, 0.2) is 52.1 Å². The Morgan fingerprint density at radius 3 is 1.57 bits per heavy atom. The van der Waals surface area contributed by atoms with Crippen molar-refractivity contribution in [3.8, 4) is 22.4 Å². The maximum absolute atomic E-state index is 16.3. The number of H-pyrrole nitrogens is 1. The lowest BCUT2D eigenvalue weighted by Crippen LogP contribution is -2.21. The topological polar surface area (TPSA) is 18.8 Å². The molecule has 1 aliphatic rings. The molecule has 51 heavy (non-hydrogen) atoms. The highest BCUT2D eigenvalue weighted by molar-refractivity contribution is 6.23. The lowest BCUT2D eigenvalue weighted by Gasteiger charge is -2.16. The molecule has 2 nitrogen and oxygen atoms in total. The van der Waals surface area contributed by atoms with E-state index in [4.69, 9.17) is 0 Å². The predicted molar refractivity (Wildman–Crippen MR) is 182 cm³/mol. The van der Waals surface area contributed by atoms with Crippen LogP contribution in [0.3, 0.4) is 0 Å². The van der Waals surface area contributed by atoms with Gasteiger partial charge in [0.2, 0.25) is 0 Å². The van der Waals surface area contributed by atoms with Crippen molar-refractivity contribution in [2.45, 2.75) is 41.5 Å². The van der Waals surface area contributed by atoms with Crippen LogP contribution in [0.5, 0.6) is 0 Å². The van der Waals surface area contributed by atoms with Crippen LogP contribution < -0.4 is 0 Å². The van der Waals surface area contributed by atoms with Crippen molar-refractivity contribution >= 4 is 19.0 Å². The third-order valence-electron chi connectivity index (χ3n) is 8.89. The number of benzene rings is 4. The highest BCUT2D eigenvalue weighted by atomic mass is 19.2. The van der Waals surface area contributed by atoms with Gasteiger partial charge in [0.25, 0.3) is 0 Å². The van der Waals surface area contributed by atoms with Gasteiger partial charge >= 0.3 is 7.69 Å². The van der Waals surface area contributed by atoms with Crippen LogP contribution >= 0.6 is 0 Å². The molecular weight excluding hydrogens is 678 g/mol. The summed E-state index contributed by atoms with van der Waals surface area (Å²) >= 11 is 0. The van der Waals surface area contributed by atoms with Crippen LogP contribution in [0.4, 0.5) is 39.8 Å². The highest BCUT2D eigenvalue weighted by Crippen LogP contribution is 2.41. The molecule has 1 N–H and O–H groups in total. The van der Waals surface area contributed by atoms with Crippen LogP contribution in [0.15, 0.2) is 66.4 Å². The summed E-state index contributed by atoms with van der Waals surface area (Å²) in [5.41, 5.74) is 3.22. The highest BCUT2D eigenvalue weighted by Gasteiger charge is 2.37. The molecule has 1 aromatic heterocycles. The number of hydrogen-bond donors (Lipinski definition) is 1. The minimum absolute atomic E-state index is 0. The van der Waals surface area contributed by atoms with E-state index in [1.54, 1.807) is 6.07 Å². The number of aromatic amines is 1. The lowest BCUT2D eigenvalue weighted by atomic mass is 9.93. The first kappa shape index (κ1) is 37.0. The van der Waals surface area contributed by atoms with E-state index in [1.165, 1.54) is 18.2 Å². The molecule has 0 atom stereocenters. The number of nitrogens with zero attached hydrogens (tertiary/aromatic N) is 1. The van der Waals surface area contributed by atoms with Crippen LogP contribution in [-0.4, -0.2) is 22.9 Å². The summed E-state index contributed by atoms with van der Waals surface area (Å²) in [4.78, 5) is 3.11. The van der Waals surface area contributed by atoms with E-state index in [0.29, 0.717) is 17.0 Å². The van der Waals surface area contributed by atoms with Crippen molar-refractivity contribution < 1.29 is 44.2 Å². The van der Waals surface area contributed by atoms with Crippen LogP contribution in [0.1, 0.15) is 50.2 Å². The number of allylic oxidation sites excluding steroid dienone is 2. The van der Waals surface area contributed by atoms with Gasteiger partial charge in [-0.15, -0.1) is 0 Å². The third-order valence-corrected chi connectivity index (χ3v) is 8.89. The van der Waals surface area contributed by atoms with Gasteiger partial charge in [-0.1, -0.05) is 35.4 Å². The lowest BCUT2D eigenvalue weighted by molar-refractivity contribution is -0.317. The summed E-state index contributed by atoms with van der Waals surface area (Å²) in [6.45, 7) is 11.2. The van der Waals surface area contributed by atoms with E-state index in [2.05, 4.69) is 4.98 Å². The zero-order valence-electron chi connectivity index (χ0n) is 28.2. The molecule has 0 unspecified atom stereocenters. The molecule has 0 bridgehead atoms. The first-order valence-electron chi connectivity index (χ1n) is 15.5. The van der Waals surface area contributed by atoms with Crippen molar-refractivity contribution in [1.29, 1.82) is 0 Å². The number of rotatable bonds is 6. The fourth-order valence-corrected chi connectivity index (χ4v) is 7.04. The molecule has 12 heteroatoms. The first-order chi connectivity index (χ1) is 23.6. The average Bonchev–Trinajstić information content (AvgIpc) is 3.67. The van der Waals surface area contributed by atoms with E-state index < -0.39 is 63.0 Å². The quantitative estimate of drug-likeness (QED) is 0.0784. The number of nitrogens with one attached hydrogen (secondary N) is 1. The van der Waals surface area contributed by atoms with E-state index in [-0.39, 0.29) is 35.9 Å². The SMILES string of the molecule is Cc1cc(C)c(C2=[N+]([B]F)/C(=C(\c3ccc(-c4c(C)cc(C)cc4C)[nH]3)c3c(F)c(F)c(-c4cc(F)c(F)c(F)c4)c(F)c3F)C=C2)c(C)c1.F. The summed E-state index contributed by atoms with van der Waals surface area (Å²) in [6, 6.07) is 11.2. The molecule has 0 amide bonds. The van der Waals surface area contributed by atoms with Crippen molar-refractivity contribution in [3.63, 3.8) is 0 Å². The van der Waals surface area contributed by atoms with Gasteiger partial charge in [-0.3, -0.25) is 4.70 Å². The van der Waals surface area contributed by atoms with Crippen LogP contribution in [0.25, 0.3) is 28.0 Å². The van der Waals surface area contributed by atoms with Gasteiger partial charge < -0.3 is 4.98 Å². The predicted octanol–water partition coefficient (Wildman–Crippen LogP) is 10.7. The van der Waals surface area contributed by atoms with Gasteiger partial charge in [-0.2, -0.15) is 0 Å². The molecule has 1 radical (unpaired) electrons. The maximum atomic E-state index is 16.3. The standard InChI is InChI=1S/C39H29BF8N2.FH/c1-17-11-19(3)30(20(4)12-17)26-7-8-27(49-26)33(29-10-9-28(50(29)40-48)31-21(5)13-18(2)14-22(31)6)34-38(46)36(44)32(37(45)39(34)47)23-15-24(41)35(43)25(42)16-23;/h7-16,49H,1-6H3;1H/q+1;. The molecule has 2 heterocycles. The monoisotopic (exact) mass is 708 g/mol. The Morgan fingerprint density at radius 2 is 1.08 bits per heavy atom. The molecule has 261 valence electrons. The van der Waals surface area contributed by atoms with Crippen molar-refractivity contribution in [1.82, 2.24) is 4.98 Å². The molecule has 5 aromatic rings. The van der Waals surface area contributed by atoms with Crippen molar-refractivity contribution in [2.24, 2.45) is 0 Å². The minimum atomic E-state index is -1.99. The van der Waals surface area contributed by atoms with Crippen LogP contribution in [0, 0.1) is 82.3 Å². The van der Waals surface area contributed by atoms with Gasteiger partial charge in [0.1, 0.15) is 0 Å². The molecule has 0 aliphatic carbocycles. The second-order valence-corrected chi connectivity index (χ2v) is 12.5. The first-order valence-corrected chi connectivity index (χ1v) is 15.5. The number of halogens is 9. The third kappa shape index (κ3) is 6.21. The Morgan fingerprint density at radius 1 is 0.588 bits per heavy atom. The Hall–Kier alpha value is -5.26. The van der Waals surface area contributed by atoms with E-state index >= 15 is 21.9 Å². The second-order valence-electron chi connectivity index (χ2n) is 12.5. The smallest absolute Gasteiger partial charge is 0.354 e. The average molecular weight is 708 g/mol. The molecule has 0 fully saturated rings. The summed E-state index contributed by atoms with van der Waals surface area (Å²) < 4.78 is 122. The van der Waals surface area contributed by atoms with Crippen molar-refractivity contribution in [2.75, 3.05) is 0 Å². The normalized spacial score (nSPS) is 13.6. The summed E-state index contributed by atoms with van der Waals surface area (Å²) in [5, 5.41) is 0. The Balaban J connectivity index is 0.00000504. The molecule has 0 saturated carbocycles. The fraction of sp³-hybridized carbons (Fsp3) is 0.154. The van der Waals surface area contributed by atoms with E-state index in [1.807, 2.05) is 65.8 Å². The molecule has 1 aliphatic heterocycles. The van der Waals surface area contributed by atoms with Crippen molar-refractivity contribution in [3.05, 3.63) is 157 Å². The van der Waals surface area contributed by atoms with Crippen LogP contribution in [0.2, 0.25) is 0 Å². The summed E-state index contributed by atoms with van der Waals surface area (Å²) in [6.07, 6.45) is 2.89. The molecule has 0 spiro atoms. The van der Waals surface area contributed by atoms with Gasteiger partial charge in [0.05, 0.1) is 22.4 Å². The summed E-state index contributed by atoms with van der Waals surface area (Å²) in [7, 11) is 0.183. The van der Waals surface area contributed by atoms with Gasteiger partial charge in [-0.25, -0.2) is 39.5 Å². The number of hydrogen-bond acceptors (Lipinski definition) is 0. The minimum Gasteiger partial charge on any atom is -0.354 e. The Labute approximate surface area is 289 Å². The van der Waals surface area contributed by atoms with Crippen LogP contribution in [-0.2, 0) is 0 Å². The zero-order chi connectivity index (χ0) is 36.3. The largest absolute Gasteiger partial charge is 0.792 e. The van der Waals surface area contributed by atoms with E-state index in [9.17, 15) is 13.2 Å². The molecule has 4 aromatic carbocycles. The number of aromatic nitrogens is 1. The zero-order valence-corrected chi connectivity index (χ0v) is 28.2. The van der Waals surface area contributed by atoms with Gasteiger partial charge in [-0.05, 0) is 93.6 Å².